The van der Waals surface area contributed by atoms with Crippen molar-refractivity contribution in [3.63, 3.8) is 0 Å². The molecule has 0 atom stereocenters. The summed E-state index contributed by atoms with van der Waals surface area (Å²) in [6.07, 6.45) is 0. The van der Waals surface area contributed by atoms with Gasteiger partial charge in [-0.05, 0) is 0 Å². The number of hydrogen-bond acceptors (Lipinski definition) is 0. The van der Waals surface area contributed by atoms with Gasteiger partial charge in [-0.25, -0.2) is 0 Å². The van der Waals surface area contributed by atoms with Gasteiger partial charge in [0, 0.05) is 0 Å². The molecule has 1 heterocycles. The van der Waals surface area contributed by atoms with Crippen LogP contribution in [-0.2, 0) is 8.87 Å². The Morgan fingerprint density at radius 3 is 1.48 bits per heavy atom. The van der Waals surface area contributed by atoms with Crippen molar-refractivity contribution in [1.29, 1.82) is 0 Å². The first-order valence-corrected chi connectivity index (χ1v) is 18.9. The van der Waals surface area contributed by atoms with E-state index in [0.717, 1.165) is 0 Å². The fraction of sp³-hybridized carbons (Fsp3) is 0.167. The Morgan fingerprint density at radius 2 is 1.00 bits per heavy atom. The average molecular weight is 429 g/mol. The van der Waals surface area contributed by atoms with Crippen LogP contribution in [0.3, 0.4) is 0 Å². The maximum absolute atomic E-state index is 2.61. The zero-order chi connectivity index (χ0) is 17.0. The molecule has 4 aromatic carbocycles. The molecule has 0 N–H and O–H groups in total. The second kappa shape index (κ2) is 5.60. The van der Waals surface area contributed by atoms with E-state index in [4.69, 9.17) is 0 Å². The van der Waals surface area contributed by atoms with E-state index in [1.54, 1.807) is 11.1 Å². The van der Waals surface area contributed by atoms with Crippen molar-refractivity contribution in [1.82, 2.24) is 0 Å². The molecule has 0 spiro atoms. The first kappa shape index (κ1) is 15.5. The van der Waals surface area contributed by atoms with E-state index in [9.17, 15) is 0 Å². The van der Waals surface area contributed by atoms with Crippen LogP contribution in [0.2, 0.25) is 9.88 Å². The van der Waals surface area contributed by atoms with Gasteiger partial charge in [-0.3, -0.25) is 0 Å². The van der Waals surface area contributed by atoms with Crippen molar-refractivity contribution >= 4 is 39.9 Å². The van der Waals surface area contributed by atoms with Crippen molar-refractivity contribution in [2.45, 2.75) is 18.8 Å². The third-order valence-corrected chi connectivity index (χ3v) is 13.3. The molecule has 0 nitrogen and oxygen atoms in total. The third kappa shape index (κ3) is 2.50. The van der Waals surface area contributed by atoms with Gasteiger partial charge in [-0.2, -0.15) is 0 Å². The molecule has 0 unspecified atom stereocenters. The molecule has 0 aromatic heterocycles. The first-order chi connectivity index (χ1) is 12.1. The Balaban J connectivity index is 2.00. The van der Waals surface area contributed by atoms with Gasteiger partial charge in [-0.15, -0.1) is 0 Å². The Morgan fingerprint density at radius 1 is 0.560 bits per heavy atom. The Kier molecular flexibility index (Phi) is 3.46. The topological polar surface area (TPSA) is 0 Å². The van der Waals surface area contributed by atoms with Crippen LogP contribution in [0.15, 0.2) is 72.8 Å². The van der Waals surface area contributed by atoms with Crippen LogP contribution >= 0.6 is 0 Å². The van der Waals surface area contributed by atoms with Crippen molar-refractivity contribution in [2.75, 3.05) is 0 Å². The summed E-state index contributed by atoms with van der Waals surface area (Å²) in [5.41, 5.74) is 6.17. The summed E-state index contributed by atoms with van der Waals surface area (Å²) in [6.45, 7) is 0. The Labute approximate surface area is 153 Å². The van der Waals surface area contributed by atoms with E-state index in [2.05, 4.69) is 82.7 Å². The third-order valence-electron chi connectivity index (χ3n) is 5.62. The van der Waals surface area contributed by atoms with Crippen LogP contribution in [0.25, 0.3) is 32.7 Å². The summed E-state index contributed by atoms with van der Waals surface area (Å²) in [5, 5.41) is 5.55. The molecule has 0 saturated heterocycles. The van der Waals surface area contributed by atoms with E-state index in [1.165, 1.54) is 41.5 Å². The molecule has 1 aliphatic heterocycles. The molecule has 0 radical (unpaired) electrons. The van der Waals surface area contributed by atoms with Gasteiger partial charge in [0.05, 0.1) is 0 Å². The zero-order valence-electron chi connectivity index (χ0n) is 14.8. The second-order valence-corrected chi connectivity index (χ2v) is 22.5. The normalized spacial score (nSPS) is 15.6. The first-order valence-electron chi connectivity index (χ1n) is 9.14. The minimum absolute atomic E-state index is 1.33. The maximum atomic E-state index is 2.61. The average Bonchev–Trinajstić information content (AvgIpc) is 2.73. The molecular weight excluding hydrogens is 407 g/mol. The van der Waals surface area contributed by atoms with E-state index in [0.29, 0.717) is 0 Å². The fourth-order valence-electron chi connectivity index (χ4n) is 4.61. The summed E-state index contributed by atoms with van der Waals surface area (Å²) in [5.74, 6) is 0. The molecule has 0 aliphatic carbocycles. The number of rotatable bonds is 0. The summed E-state index contributed by atoms with van der Waals surface area (Å²) in [4.78, 5) is 5.22. The summed E-state index contributed by atoms with van der Waals surface area (Å²) < 4.78 is 2.66. The summed E-state index contributed by atoms with van der Waals surface area (Å²) in [7, 11) is 0. The van der Waals surface area contributed by atoms with Crippen molar-refractivity contribution in [3.05, 3.63) is 83.9 Å². The molecule has 1 aliphatic rings. The van der Waals surface area contributed by atoms with Crippen LogP contribution in [0.4, 0.5) is 0 Å². The molecule has 0 bridgehead atoms. The zero-order valence-corrected chi connectivity index (χ0v) is 17.7. The summed E-state index contributed by atoms with van der Waals surface area (Å²) >= 11 is -2.13. The number of fused-ring (bicyclic) bond motifs is 7. The molecule has 5 rings (SSSR count). The fourth-order valence-corrected chi connectivity index (χ4v) is 12.5. The van der Waals surface area contributed by atoms with Crippen molar-refractivity contribution in [3.8, 4) is 11.1 Å². The quantitative estimate of drug-likeness (QED) is 0.279. The van der Waals surface area contributed by atoms with Crippen LogP contribution < -0.4 is 0 Å². The van der Waals surface area contributed by atoms with E-state index >= 15 is 0 Å². The molecular formula is C24H22Sn. The van der Waals surface area contributed by atoms with Gasteiger partial charge >= 0.3 is 154 Å². The molecule has 4 aromatic rings. The molecule has 25 heavy (non-hydrogen) atoms. The molecule has 0 saturated carbocycles. The number of hydrogen-bond donors (Lipinski definition) is 0. The van der Waals surface area contributed by atoms with Crippen LogP contribution in [0.5, 0.6) is 0 Å². The van der Waals surface area contributed by atoms with Crippen molar-refractivity contribution in [2.24, 2.45) is 0 Å². The van der Waals surface area contributed by atoms with E-state index in [-0.39, 0.29) is 0 Å². The predicted octanol–water partition coefficient (Wildman–Crippen LogP) is 6.55. The van der Waals surface area contributed by atoms with Crippen LogP contribution in [0, 0.1) is 0 Å². The van der Waals surface area contributed by atoms with Gasteiger partial charge in [0.25, 0.3) is 0 Å². The number of benzene rings is 4. The van der Waals surface area contributed by atoms with Gasteiger partial charge in [-0.1, -0.05) is 0 Å². The SMILES string of the molecule is [CH3][Sn]1([CH3])[CH2]c2ccc3ccccc3c2-c2c(ccc3ccccc23)[CH2]1. The minimum atomic E-state index is -2.13. The van der Waals surface area contributed by atoms with Gasteiger partial charge < -0.3 is 0 Å². The summed E-state index contributed by atoms with van der Waals surface area (Å²) in [6, 6.07) is 27.3. The van der Waals surface area contributed by atoms with Gasteiger partial charge in [0.15, 0.2) is 0 Å². The van der Waals surface area contributed by atoms with Crippen molar-refractivity contribution < 1.29 is 0 Å². The standard InChI is InChI=1S/C22H16.2CH3.Sn/c1-15-11-13-17-7-3-5-9-19(17)21(15)22-16(2)12-14-18-8-4-6-10-20(18)22;;;/h3-14H,1-2H2;2*1H3;. The monoisotopic (exact) mass is 430 g/mol. The molecule has 0 amide bonds. The second-order valence-electron chi connectivity index (χ2n) is 8.16. The molecule has 122 valence electrons. The Bertz CT molecular complexity index is 1030. The predicted molar refractivity (Wildman–Crippen MR) is 112 cm³/mol. The van der Waals surface area contributed by atoms with E-state index in [1.807, 2.05) is 0 Å². The Hall–Kier alpha value is -1.80. The van der Waals surface area contributed by atoms with Crippen LogP contribution in [0.1, 0.15) is 11.1 Å². The van der Waals surface area contributed by atoms with Crippen LogP contribution in [-0.4, -0.2) is 18.4 Å². The molecule has 0 fully saturated rings. The molecule has 1 heteroatoms. The van der Waals surface area contributed by atoms with Gasteiger partial charge in [0.2, 0.25) is 0 Å². The van der Waals surface area contributed by atoms with E-state index < -0.39 is 18.4 Å². The van der Waals surface area contributed by atoms with Gasteiger partial charge in [0.1, 0.15) is 0 Å².